The van der Waals surface area contributed by atoms with Gasteiger partial charge in [0.25, 0.3) is 5.56 Å². The van der Waals surface area contributed by atoms with Gasteiger partial charge in [0.1, 0.15) is 0 Å². The number of aromatic amines is 1. The van der Waals surface area contributed by atoms with Gasteiger partial charge in [0.15, 0.2) is 0 Å². The van der Waals surface area contributed by atoms with Gasteiger partial charge in [-0.2, -0.15) is 0 Å². The SMILES string of the molecule is CC[C@@H](C)c1cc(=O)n(CC)c(=O)[nH]1. The van der Waals surface area contributed by atoms with Gasteiger partial charge in [-0.1, -0.05) is 13.8 Å². The number of rotatable bonds is 3. The molecule has 14 heavy (non-hydrogen) atoms. The molecule has 0 aromatic carbocycles. The van der Waals surface area contributed by atoms with E-state index in [4.69, 9.17) is 0 Å². The zero-order chi connectivity index (χ0) is 10.7. The fraction of sp³-hybridized carbons (Fsp3) is 0.600. The molecule has 0 saturated heterocycles. The third-order valence-corrected chi connectivity index (χ3v) is 2.50. The van der Waals surface area contributed by atoms with E-state index in [1.807, 2.05) is 13.8 Å². The van der Waals surface area contributed by atoms with E-state index in [1.54, 1.807) is 6.92 Å². The van der Waals surface area contributed by atoms with Gasteiger partial charge >= 0.3 is 5.69 Å². The summed E-state index contributed by atoms with van der Waals surface area (Å²) >= 11 is 0. The highest BCUT2D eigenvalue weighted by Gasteiger charge is 2.07. The summed E-state index contributed by atoms with van der Waals surface area (Å²) in [6.45, 7) is 6.20. The Labute approximate surface area is 82.6 Å². The van der Waals surface area contributed by atoms with E-state index in [0.717, 1.165) is 12.1 Å². The molecule has 0 unspecified atom stereocenters. The molecule has 0 fully saturated rings. The Bertz CT molecular complexity index is 386. The van der Waals surface area contributed by atoms with Crippen LogP contribution in [0.4, 0.5) is 0 Å². The monoisotopic (exact) mass is 196 g/mol. The molecule has 4 nitrogen and oxygen atoms in total. The van der Waals surface area contributed by atoms with E-state index in [1.165, 1.54) is 10.6 Å². The van der Waals surface area contributed by atoms with Crippen LogP contribution < -0.4 is 11.2 Å². The van der Waals surface area contributed by atoms with Gasteiger partial charge < -0.3 is 4.98 Å². The van der Waals surface area contributed by atoms with Crippen molar-refractivity contribution in [3.05, 3.63) is 32.6 Å². The predicted molar refractivity (Wildman–Crippen MR) is 55.7 cm³/mol. The first-order valence-electron chi connectivity index (χ1n) is 4.94. The molecule has 0 aliphatic carbocycles. The summed E-state index contributed by atoms with van der Waals surface area (Å²) in [6, 6.07) is 1.51. The van der Waals surface area contributed by atoms with Gasteiger partial charge in [-0.05, 0) is 19.3 Å². The second kappa shape index (κ2) is 4.26. The minimum absolute atomic E-state index is 0.216. The molecule has 0 aliphatic rings. The summed E-state index contributed by atoms with van der Waals surface area (Å²) < 4.78 is 1.19. The normalized spacial score (nSPS) is 12.8. The Morgan fingerprint density at radius 3 is 2.50 bits per heavy atom. The number of hydrogen-bond acceptors (Lipinski definition) is 2. The predicted octanol–water partition coefficient (Wildman–Crippen LogP) is 1.07. The fourth-order valence-electron chi connectivity index (χ4n) is 1.32. The molecule has 4 heteroatoms. The quantitative estimate of drug-likeness (QED) is 0.786. The number of hydrogen-bond donors (Lipinski definition) is 1. The largest absolute Gasteiger partial charge is 0.328 e. The van der Waals surface area contributed by atoms with Crippen LogP contribution in [0.3, 0.4) is 0 Å². The molecule has 0 radical (unpaired) electrons. The van der Waals surface area contributed by atoms with Crippen molar-refractivity contribution < 1.29 is 0 Å². The molecule has 0 aliphatic heterocycles. The highest BCUT2D eigenvalue weighted by atomic mass is 16.2. The first-order valence-corrected chi connectivity index (χ1v) is 4.94. The second-order valence-electron chi connectivity index (χ2n) is 3.42. The summed E-state index contributed by atoms with van der Waals surface area (Å²) in [6.07, 6.45) is 0.908. The van der Waals surface area contributed by atoms with Crippen LogP contribution in [0.5, 0.6) is 0 Å². The van der Waals surface area contributed by atoms with Crippen molar-refractivity contribution in [2.45, 2.75) is 39.7 Å². The van der Waals surface area contributed by atoms with Crippen LogP contribution in [-0.2, 0) is 6.54 Å². The van der Waals surface area contributed by atoms with Gasteiger partial charge in [-0.25, -0.2) is 4.79 Å². The van der Waals surface area contributed by atoms with Gasteiger partial charge in [-0.3, -0.25) is 9.36 Å². The summed E-state index contributed by atoms with van der Waals surface area (Å²) in [4.78, 5) is 25.6. The summed E-state index contributed by atoms with van der Waals surface area (Å²) in [5.41, 5.74) is 0.203. The highest BCUT2D eigenvalue weighted by Crippen LogP contribution is 2.12. The average molecular weight is 196 g/mol. The van der Waals surface area contributed by atoms with E-state index in [9.17, 15) is 9.59 Å². The first kappa shape index (κ1) is 10.8. The Kier molecular flexibility index (Phi) is 3.28. The van der Waals surface area contributed by atoms with Crippen LogP contribution in [0, 0.1) is 0 Å². The minimum atomic E-state index is -0.310. The number of nitrogens with zero attached hydrogens (tertiary/aromatic N) is 1. The summed E-state index contributed by atoms with van der Waals surface area (Å²) in [7, 11) is 0. The van der Waals surface area contributed by atoms with Crippen molar-refractivity contribution in [2.24, 2.45) is 0 Å². The lowest BCUT2D eigenvalue weighted by molar-refractivity contribution is 0.633. The zero-order valence-electron chi connectivity index (χ0n) is 8.83. The maximum Gasteiger partial charge on any atom is 0.328 e. The van der Waals surface area contributed by atoms with E-state index in [-0.39, 0.29) is 17.2 Å². The van der Waals surface area contributed by atoms with Gasteiger partial charge in [0.2, 0.25) is 0 Å². The topological polar surface area (TPSA) is 54.9 Å². The third kappa shape index (κ3) is 1.95. The lowest BCUT2D eigenvalue weighted by atomic mass is 10.1. The summed E-state index contributed by atoms with van der Waals surface area (Å²) in [5.74, 6) is 0.224. The van der Waals surface area contributed by atoms with E-state index in [2.05, 4.69) is 4.98 Å². The van der Waals surface area contributed by atoms with Crippen LogP contribution in [0.25, 0.3) is 0 Å². The molecule has 0 saturated carbocycles. The van der Waals surface area contributed by atoms with Crippen LogP contribution in [-0.4, -0.2) is 9.55 Å². The molecule has 1 rings (SSSR count). The smallest absolute Gasteiger partial charge is 0.311 e. The number of H-pyrrole nitrogens is 1. The molecule has 1 atom stereocenters. The minimum Gasteiger partial charge on any atom is -0.311 e. The number of nitrogens with one attached hydrogen (secondary N) is 1. The second-order valence-corrected chi connectivity index (χ2v) is 3.42. The Morgan fingerprint density at radius 2 is 2.07 bits per heavy atom. The van der Waals surface area contributed by atoms with Crippen molar-refractivity contribution in [3.8, 4) is 0 Å². The van der Waals surface area contributed by atoms with Gasteiger partial charge in [0, 0.05) is 18.3 Å². The van der Waals surface area contributed by atoms with Gasteiger partial charge in [0.05, 0.1) is 0 Å². The van der Waals surface area contributed by atoms with Crippen molar-refractivity contribution in [2.75, 3.05) is 0 Å². The third-order valence-electron chi connectivity index (χ3n) is 2.50. The average Bonchev–Trinajstić information content (AvgIpc) is 2.16. The molecule has 1 aromatic heterocycles. The van der Waals surface area contributed by atoms with Crippen molar-refractivity contribution >= 4 is 0 Å². The standard InChI is InChI=1S/C10H16N2O2/c1-4-7(3)8-6-9(13)12(5-2)10(14)11-8/h6-7H,4-5H2,1-3H3,(H,11,14)/t7-/m1/s1. The van der Waals surface area contributed by atoms with Gasteiger partial charge in [-0.15, -0.1) is 0 Å². The Morgan fingerprint density at radius 1 is 1.43 bits per heavy atom. The molecular weight excluding hydrogens is 180 g/mol. The molecule has 1 N–H and O–H groups in total. The Balaban J connectivity index is 3.28. The van der Waals surface area contributed by atoms with E-state index >= 15 is 0 Å². The molecule has 1 heterocycles. The van der Waals surface area contributed by atoms with Crippen molar-refractivity contribution in [3.63, 3.8) is 0 Å². The van der Waals surface area contributed by atoms with Crippen molar-refractivity contribution in [1.29, 1.82) is 0 Å². The van der Waals surface area contributed by atoms with E-state index in [0.29, 0.717) is 6.54 Å². The summed E-state index contributed by atoms with van der Waals surface area (Å²) in [5, 5.41) is 0. The molecule has 78 valence electrons. The highest BCUT2D eigenvalue weighted by molar-refractivity contribution is 5.05. The van der Waals surface area contributed by atoms with Crippen molar-refractivity contribution in [1.82, 2.24) is 9.55 Å². The lowest BCUT2D eigenvalue weighted by Crippen LogP contribution is -2.35. The molecule has 0 spiro atoms. The molecular formula is C10H16N2O2. The molecule has 0 bridgehead atoms. The van der Waals surface area contributed by atoms with Crippen LogP contribution in [0.15, 0.2) is 15.7 Å². The lowest BCUT2D eigenvalue weighted by Gasteiger charge is -2.09. The molecule has 1 aromatic rings. The van der Waals surface area contributed by atoms with Crippen LogP contribution in [0.1, 0.15) is 38.8 Å². The zero-order valence-corrected chi connectivity index (χ0v) is 8.83. The maximum atomic E-state index is 11.5. The Hall–Kier alpha value is -1.32. The molecule has 0 amide bonds. The van der Waals surface area contributed by atoms with Crippen LogP contribution in [0.2, 0.25) is 0 Å². The first-order chi connectivity index (χ1) is 6.60. The number of aromatic nitrogens is 2. The fourth-order valence-corrected chi connectivity index (χ4v) is 1.32. The van der Waals surface area contributed by atoms with Crippen LogP contribution >= 0.6 is 0 Å². The maximum absolute atomic E-state index is 11.5. The van der Waals surface area contributed by atoms with E-state index < -0.39 is 0 Å².